The van der Waals surface area contributed by atoms with Crippen molar-refractivity contribution in [2.24, 2.45) is 0 Å². The maximum atomic E-state index is 12.4. The number of unbranched alkanes of at least 4 members (excludes halogenated alkanes) is 3. The van der Waals surface area contributed by atoms with Crippen LogP contribution in [0.5, 0.6) is 11.5 Å². The van der Waals surface area contributed by atoms with Gasteiger partial charge in [-0.1, -0.05) is 32.3 Å². The summed E-state index contributed by atoms with van der Waals surface area (Å²) in [7, 11) is 1.57. The van der Waals surface area contributed by atoms with Crippen molar-refractivity contribution < 1.29 is 23.8 Å². The summed E-state index contributed by atoms with van der Waals surface area (Å²) in [6.07, 6.45) is 4.48. The van der Waals surface area contributed by atoms with E-state index >= 15 is 0 Å². The first-order valence-corrected chi connectivity index (χ1v) is 9.77. The minimum atomic E-state index is -0.625. The number of nitrogens with one attached hydrogen (secondary N) is 2. The minimum absolute atomic E-state index is 0.254. The van der Waals surface area contributed by atoms with Crippen LogP contribution in [0.25, 0.3) is 0 Å². The van der Waals surface area contributed by atoms with Gasteiger partial charge < -0.3 is 24.8 Å². The fourth-order valence-corrected chi connectivity index (χ4v) is 3.12. The molecule has 0 radical (unpaired) electrons. The van der Waals surface area contributed by atoms with E-state index < -0.39 is 12.0 Å². The standard InChI is InChI=1S/C21H30N2O5/c1-5-7-8-9-12-28-16-11-10-15(13-17(16)26-4)19-18(20(24)27-6-2)14(3)22-21(25)23-19/h10-11,13,19H,5-9,12H2,1-4H3,(H2,22,23,25)/t19-/m0/s1. The van der Waals surface area contributed by atoms with Crippen molar-refractivity contribution in [3.63, 3.8) is 0 Å². The van der Waals surface area contributed by atoms with E-state index in [0.717, 1.165) is 12.8 Å². The van der Waals surface area contributed by atoms with E-state index in [1.807, 2.05) is 6.07 Å². The maximum absolute atomic E-state index is 12.4. The van der Waals surface area contributed by atoms with Gasteiger partial charge in [0, 0.05) is 5.70 Å². The summed E-state index contributed by atoms with van der Waals surface area (Å²) >= 11 is 0. The molecule has 0 aromatic heterocycles. The number of allylic oxidation sites excluding steroid dienone is 1. The van der Waals surface area contributed by atoms with Gasteiger partial charge in [-0.25, -0.2) is 9.59 Å². The third-order valence-electron chi connectivity index (χ3n) is 4.54. The van der Waals surface area contributed by atoms with Gasteiger partial charge in [0.1, 0.15) is 0 Å². The summed E-state index contributed by atoms with van der Waals surface area (Å²) in [5.74, 6) is 0.732. The van der Waals surface area contributed by atoms with Gasteiger partial charge in [-0.2, -0.15) is 0 Å². The summed E-state index contributed by atoms with van der Waals surface area (Å²) < 4.78 is 16.5. The Morgan fingerprint density at radius 2 is 1.93 bits per heavy atom. The van der Waals surface area contributed by atoms with Crippen LogP contribution in [0, 0.1) is 0 Å². The Morgan fingerprint density at radius 1 is 1.14 bits per heavy atom. The topological polar surface area (TPSA) is 85.9 Å². The molecule has 7 nitrogen and oxygen atoms in total. The molecule has 1 aliphatic heterocycles. The lowest BCUT2D eigenvalue weighted by molar-refractivity contribution is -0.139. The fraction of sp³-hybridized carbons (Fsp3) is 0.524. The van der Waals surface area contributed by atoms with Gasteiger partial charge in [-0.3, -0.25) is 0 Å². The van der Waals surface area contributed by atoms with Crippen molar-refractivity contribution in [2.45, 2.75) is 52.5 Å². The highest BCUT2D eigenvalue weighted by atomic mass is 16.5. The van der Waals surface area contributed by atoms with E-state index in [2.05, 4.69) is 17.6 Å². The molecule has 1 heterocycles. The number of benzene rings is 1. The zero-order chi connectivity index (χ0) is 20.5. The highest BCUT2D eigenvalue weighted by molar-refractivity contribution is 5.95. The number of esters is 1. The van der Waals surface area contributed by atoms with Crippen LogP contribution in [0.2, 0.25) is 0 Å². The highest BCUT2D eigenvalue weighted by Gasteiger charge is 2.32. The van der Waals surface area contributed by atoms with Crippen molar-refractivity contribution in [3.05, 3.63) is 35.0 Å². The third-order valence-corrected chi connectivity index (χ3v) is 4.54. The monoisotopic (exact) mass is 390 g/mol. The van der Waals surface area contributed by atoms with Crippen molar-refractivity contribution in [2.75, 3.05) is 20.3 Å². The van der Waals surface area contributed by atoms with Crippen LogP contribution < -0.4 is 20.1 Å². The second kappa shape index (κ2) is 10.6. The number of hydrogen-bond donors (Lipinski definition) is 2. The SMILES string of the molecule is CCCCCCOc1ccc([C@@H]2NC(=O)NC(C)=C2C(=O)OCC)cc1OC. The van der Waals surface area contributed by atoms with Crippen molar-refractivity contribution in [3.8, 4) is 11.5 Å². The molecule has 0 fully saturated rings. The van der Waals surface area contributed by atoms with E-state index in [1.165, 1.54) is 12.8 Å². The maximum Gasteiger partial charge on any atom is 0.338 e. The van der Waals surface area contributed by atoms with Crippen LogP contribution in [0.3, 0.4) is 0 Å². The minimum Gasteiger partial charge on any atom is -0.493 e. The molecular weight excluding hydrogens is 360 g/mol. The Hall–Kier alpha value is -2.70. The molecular formula is C21H30N2O5. The van der Waals surface area contributed by atoms with E-state index in [0.29, 0.717) is 34.9 Å². The first-order chi connectivity index (χ1) is 13.5. The molecule has 7 heteroatoms. The molecule has 1 aromatic rings. The Kier molecular flexibility index (Phi) is 8.17. The summed E-state index contributed by atoms with van der Waals surface area (Å²) in [5, 5.41) is 5.41. The summed E-state index contributed by atoms with van der Waals surface area (Å²) in [6.45, 7) is 6.47. The first-order valence-electron chi connectivity index (χ1n) is 9.77. The zero-order valence-electron chi connectivity index (χ0n) is 17.1. The molecule has 1 aliphatic rings. The largest absolute Gasteiger partial charge is 0.493 e. The van der Waals surface area contributed by atoms with Crippen LogP contribution >= 0.6 is 0 Å². The lowest BCUT2D eigenvalue weighted by atomic mass is 9.95. The van der Waals surface area contributed by atoms with Gasteiger partial charge in [0.2, 0.25) is 0 Å². The molecule has 154 valence electrons. The number of hydrogen-bond acceptors (Lipinski definition) is 5. The molecule has 2 amide bonds. The van der Waals surface area contributed by atoms with Gasteiger partial charge >= 0.3 is 12.0 Å². The van der Waals surface area contributed by atoms with E-state index in [1.54, 1.807) is 33.1 Å². The number of methoxy groups -OCH3 is 1. The average molecular weight is 390 g/mol. The Bertz CT molecular complexity index is 730. The van der Waals surface area contributed by atoms with E-state index in [-0.39, 0.29) is 12.6 Å². The summed E-state index contributed by atoms with van der Waals surface area (Å²) in [6, 6.07) is 4.42. The molecule has 1 atom stereocenters. The number of rotatable bonds is 10. The van der Waals surface area contributed by atoms with Gasteiger partial charge in [0.05, 0.1) is 31.9 Å². The molecule has 2 N–H and O–H groups in total. The zero-order valence-corrected chi connectivity index (χ0v) is 17.1. The number of amides is 2. The molecule has 0 bridgehead atoms. The predicted octanol–water partition coefficient (Wildman–Crippen LogP) is 3.85. The van der Waals surface area contributed by atoms with Crippen molar-refractivity contribution >= 4 is 12.0 Å². The van der Waals surface area contributed by atoms with Gasteiger partial charge in [0.25, 0.3) is 0 Å². The highest BCUT2D eigenvalue weighted by Crippen LogP contribution is 2.34. The number of carbonyl (C=O) groups excluding carboxylic acids is 2. The third kappa shape index (κ3) is 5.41. The second-order valence-electron chi connectivity index (χ2n) is 6.61. The number of carbonyl (C=O) groups is 2. The molecule has 28 heavy (non-hydrogen) atoms. The van der Waals surface area contributed by atoms with Crippen molar-refractivity contribution in [1.82, 2.24) is 10.6 Å². The molecule has 0 saturated carbocycles. The van der Waals surface area contributed by atoms with Gasteiger partial charge in [0.15, 0.2) is 11.5 Å². The number of ether oxygens (including phenoxy) is 3. The average Bonchev–Trinajstić information content (AvgIpc) is 2.67. The molecule has 0 saturated heterocycles. The van der Waals surface area contributed by atoms with Crippen LogP contribution in [0.4, 0.5) is 4.79 Å². The van der Waals surface area contributed by atoms with E-state index in [9.17, 15) is 9.59 Å². The lowest BCUT2D eigenvalue weighted by Crippen LogP contribution is -2.45. The van der Waals surface area contributed by atoms with Crippen molar-refractivity contribution in [1.29, 1.82) is 0 Å². The Morgan fingerprint density at radius 3 is 2.61 bits per heavy atom. The lowest BCUT2D eigenvalue weighted by Gasteiger charge is -2.28. The van der Waals surface area contributed by atoms with Crippen LogP contribution in [-0.4, -0.2) is 32.3 Å². The second-order valence-corrected chi connectivity index (χ2v) is 6.61. The molecule has 2 rings (SSSR count). The summed E-state index contributed by atoms with van der Waals surface area (Å²) in [4.78, 5) is 24.4. The van der Waals surface area contributed by atoms with Crippen LogP contribution in [-0.2, 0) is 9.53 Å². The normalized spacial score (nSPS) is 16.3. The molecule has 0 unspecified atom stereocenters. The smallest absolute Gasteiger partial charge is 0.338 e. The molecule has 1 aromatic carbocycles. The number of urea groups is 1. The summed E-state index contributed by atoms with van der Waals surface area (Å²) in [5.41, 5.74) is 1.56. The predicted molar refractivity (Wildman–Crippen MR) is 106 cm³/mol. The quantitative estimate of drug-likeness (QED) is 0.468. The fourth-order valence-electron chi connectivity index (χ4n) is 3.12. The van der Waals surface area contributed by atoms with Crippen LogP contribution in [0.15, 0.2) is 29.5 Å². The van der Waals surface area contributed by atoms with Crippen LogP contribution in [0.1, 0.15) is 58.1 Å². The van der Waals surface area contributed by atoms with Gasteiger partial charge in [-0.05, 0) is 38.0 Å². The Balaban J connectivity index is 2.23. The molecule has 0 spiro atoms. The van der Waals surface area contributed by atoms with Gasteiger partial charge in [-0.15, -0.1) is 0 Å². The van der Waals surface area contributed by atoms with E-state index in [4.69, 9.17) is 14.2 Å². The first kappa shape index (κ1) is 21.6. The molecule has 0 aliphatic carbocycles. The Labute approximate surface area is 166 Å².